The van der Waals surface area contributed by atoms with Crippen LogP contribution in [0, 0.1) is 11.8 Å². The van der Waals surface area contributed by atoms with Crippen LogP contribution in [-0.2, 0) is 19.6 Å². The predicted molar refractivity (Wildman–Crippen MR) is 134 cm³/mol. The zero-order valence-electron chi connectivity index (χ0n) is 20.5. The van der Waals surface area contributed by atoms with E-state index in [0.717, 1.165) is 51.1 Å². The first-order valence-electron chi connectivity index (χ1n) is 12.7. The zero-order valence-corrected chi connectivity index (χ0v) is 21.3. The van der Waals surface area contributed by atoms with Crippen molar-refractivity contribution in [2.24, 2.45) is 11.8 Å². The van der Waals surface area contributed by atoms with Crippen molar-refractivity contribution < 1.29 is 17.9 Å². The van der Waals surface area contributed by atoms with Crippen molar-refractivity contribution in [3.05, 3.63) is 41.3 Å². The molecule has 1 aromatic carbocycles. The number of likely N-dealkylation sites (tertiary alicyclic amines) is 1. The molecule has 0 aliphatic carbocycles. The van der Waals surface area contributed by atoms with Crippen LogP contribution in [-0.4, -0.2) is 86.5 Å². The van der Waals surface area contributed by atoms with Gasteiger partial charge in [-0.1, -0.05) is 30.3 Å². The van der Waals surface area contributed by atoms with E-state index in [-0.39, 0.29) is 24.0 Å². The Morgan fingerprint density at radius 2 is 1.59 bits per heavy atom. The van der Waals surface area contributed by atoms with Gasteiger partial charge in [-0.25, -0.2) is 8.42 Å². The molecular weight excluding hydrogens is 450 g/mol. The third kappa shape index (κ3) is 6.68. The molecule has 0 N–H and O–H groups in total. The molecule has 0 spiro atoms. The molecule has 1 aromatic rings. The number of morpholine rings is 1. The minimum Gasteiger partial charge on any atom is -0.373 e. The van der Waals surface area contributed by atoms with E-state index in [9.17, 15) is 13.2 Å². The molecule has 0 radical (unpaired) electrons. The lowest BCUT2D eigenvalue weighted by Crippen LogP contribution is -2.50. The van der Waals surface area contributed by atoms with E-state index in [4.69, 9.17) is 4.74 Å². The molecule has 0 bridgehead atoms. The largest absolute Gasteiger partial charge is 0.373 e. The van der Waals surface area contributed by atoms with Gasteiger partial charge in [-0.3, -0.25) is 9.69 Å². The average Bonchev–Trinajstić information content (AvgIpc) is 2.83. The number of piperidine rings is 2. The van der Waals surface area contributed by atoms with E-state index in [1.807, 2.05) is 35.2 Å². The SMILES string of the molecule is CC1CN(CC2CCN(C(=O)C3CCN(S(=O)(=O)/C=C/c4ccccc4)CC3)CC2)CC(C)O1. The lowest BCUT2D eigenvalue weighted by molar-refractivity contribution is -0.138. The van der Waals surface area contributed by atoms with E-state index >= 15 is 0 Å². The number of ether oxygens (including phenoxy) is 1. The molecule has 1 amide bonds. The van der Waals surface area contributed by atoms with Crippen LogP contribution in [0.25, 0.3) is 6.08 Å². The van der Waals surface area contributed by atoms with E-state index in [0.29, 0.717) is 31.8 Å². The van der Waals surface area contributed by atoms with Crippen LogP contribution < -0.4 is 0 Å². The molecule has 34 heavy (non-hydrogen) atoms. The first kappa shape index (κ1) is 25.4. The number of rotatable bonds is 6. The Morgan fingerprint density at radius 1 is 0.971 bits per heavy atom. The van der Waals surface area contributed by atoms with Crippen LogP contribution in [0.3, 0.4) is 0 Å². The molecule has 3 saturated heterocycles. The Kier molecular flexibility index (Phi) is 8.45. The van der Waals surface area contributed by atoms with Gasteiger partial charge in [-0.05, 0) is 57.1 Å². The normalized spacial score (nSPS) is 26.8. The molecule has 188 valence electrons. The first-order chi connectivity index (χ1) is 16.3. The lowest BCUT2D eigenvalue weighted by Gasteiger charge is -2.40. The quantitative estimate of drug-likeness (QED) is 0.614. The minimum absolute atomic E-state index is 0.0676. The lowest BCUT2D eigenvalue weighted by atomic mass is 9.92. The fourth-order valence-corrected chi connectivity index (χ4v) is 6.79. The monoisotopic (exact) mass is 489 g/mol. The first-order valence-corrected chi connectivity index (χ1v) is 14.2. The maximum atomic E-state index is 13.1. The topological polar surface area (TPSA) is 70.2 Å². The molecule has 7 nitrogen and oxygen atoms in total. The predicted octanol–water partition coefficient (Wildman–Crippen LogP) is 3.05. The average molecular weight is 490 g/mol. The summed E-state index contributed by atoms with van der Waals surface area (Å²) in [5, 5.41) is 1.28. The number of amides is 1. The van der Waals surface area contributed by atoms with Crippen molar-refractivity contribution in [2.75, 3.05) is 45.8 Å². The fourth-order valence-electron chi connectivity index (χ4n) is 5.56. The van der Waals surface area contributed by atoms with E-state index in [1.165, 1.54) is 9.71 Å². The second kappa shape index (κ2) is 11.3. The molecule has 0 saturated carbocycles. The number of carbonyl (C=O) groups excluding carboxylic acids is 1. The second-order valence-electron chi connectivity index (χ2n) is 10.2. The number of carbonyl (C=O) groups is 1. The summed E-state index contributed by atoms with van der Waals surface area (Å²) in [7, 11) is -3.47. The summed E-state index contributed by atoms with van der Waals surface area (Å²) in [6.45, 7) is 9.79. The maximum absolute atomic E-state index is 13.1. The van der Waals surface area contributed by atoms with Gasteiger partial charge in [-0.15, -0.1) is 0 Å². The van der Waals surface area contributed by atoms with Crippen LogP contribution in [0.4, 0.5) is 0 Å². The summed E-state index contributed by atoms with van der Waals surface area (Å²) in [5.74, 6) is 0.774. The third-order valence-corrected chi connectivity index (χ3v) is 8.90. The molecule has 3 fully saturated rings. The molecule has 8 heteroatoms. The number of hydrogen-bond acceptors (Lipinski definition) is 5. The van der Waals surface area contributed by atoms with Crippen molar-refractivity contribution in [1.29, 1.82) is 0 Å². The molecule has 3 aliphatic rings. The van der Waals surface area contributed by atoms with Crippen molar-refractivity contribution in [2.45, 2.75) is 51.7 Å². The smallest absolute Gasteiger partial charge is 0.236 e. The van der Waals surface area contributed by atoms with Crippen LogP contribution in [0.1, 0.15) is 45.1 Å². The van der Waals surface area contributed by atoms with Crippen molar-refractivity contribution in [3.8, 4) is 0 Å². The summed E-state index contributed by atoms with van der Waals surface area (Å²) in [5.41, 5.74) is 0.859. The van der Waals surface area contributed by atoms with Gasteiger partial charge in [0.1, 0.15) is 0 Å². The maximum Gasteiger partial charge on any atom is 0.236 e. The van der Waals surface area contributed by atoms with Gasteiger partial charge in [0.15, 0.2) is 0 Å². The van der Waals surface area contributed by atoms with Crippen LogP contribution in [0.2, 0.25) is 0 Å². The molecule has 3 aliphatic heterocycles. The van der Waals surface area contributed by atoms with Crippen molar-refractivity contribution >= 4 is 22.0 Å². The van der Waals surface area contributed by atoms with E-state index < -0.39 is 10.0 Å². The van der Waals surface area contributed by atoms with Crippen LogP contribution in [0.15, 0.2) is 35.7 Å². The highest BCUT2D eigenvalue weighted by atomic mass is 32.2. The zero-order chi connectivity index (χ0) is 24.1. The Labute approximate surface area is 204 Å². The molecule has 2 atom stereocenters. The number of sulfonamides is 1. The fraction of sp³-hybridized carbons (Fsp3) is 0.654. The van der Waals surface area contributed by atoms with Gasteiger partial charge < -0.3 is 9.64 Å². The van der Waals surface area contributed by atoms with Crippen molar-refractivity contribution in [3.63, 3.8) is 0 Å². The van der Waals surface area contributed by atoms with Crippen LogP contribution in [0.5, 0.6) is 0 Å². The van der Waals surface area contributed by atoms with Crippen molar-refractivity contribution in [1.82, 2.24) is 14.1 Å². The number of benzene rings is 1. The Balaban J connectivity index is 1.21. The standard InChI is InChI=1S/C26H39N3O4S/c1-21-18-27(19-22(2)33-21)20-24-8-13-28(14-9-24)26(30)25-10-15-29(16-11-25)34(31,32)17-12-23-6-4-3-5-7-23/h3-7,12,17,21-22,24-25H,8-11,13-16,18-20H2,1-2H3/b17-12+. The van der Waals surface area contributed by atoms with Gasteiger partial charge in [-0.2, -0.15) is 4.31 Å². The second-order valence-corrected chi connectivity index (χ2v) is 12.0. The summed E-state index contributed by atoms with van der Waals surface area (Å²) in [6, 6.07) is 9.43. The summed E-state index contributed by atoms with van der Waals surface area (Å²) in [4.78, 5) is 17.7. The highest BCUT2D eigenvalue weighted by Crippen LogP contribution is 2.26. The summed E-state index contributed by atoms with van der Waals surface area (Å²) < 4.78 is 32.8. The molecule has 4 rings (SSSR count). The van der Waals surface area contributed by atoms with E-state index in [2.05, 4.69) is 18.7 Å². The number of nitrogens with zero attached hydrogens (tertiary/aromatic N) is 3. The van der Waals surface area contributed by atoms with Gasteiger partial charge in [0.25, 0.3) is 0 Å². The van der Waals surface area contributed by atoms with E-state index in [1.54, 1.807) is 6.08 Å². The highest BCUT2D eigenvalue weighted by Gasteiger charge is 2.34. The summed E-state index contributed by atoms with van der Waals surface area (Å²) >= 11 is 0. The molecule has 2 unspecified atom stereocenters. The van der Waals surface area contributed by atoms with Gasteiger partial charge in [0, 0.05) is 57.1 Å². The third-order valence-electron chi connectivity index (χ3n) is 7.33. The minimum atomic E-state index is -3.47. The Morgan fingerprint density at radius 3 is 2.21 bits per heavy atom. The van der Waals surface area contributed by atoms with Gasteiger partial charge in [0.2, 0.25) is 15.9 Å². The van der Waals surface area contributed by atoms with Gasteiger partial charge >= 0.3 is 0 Å². The summed E-state index contributed by atoms with van der Waals surface area (Å²) in [6.07, 6.45) is 5.49. The Hall–Kier alpha value is -1.74. The molecule has 0 aromatic heterocycles. The highest BCUT2D eigenvalue weighted by molar-refractivity contribution is 7.92. The number of hydrogen-bond donors (Lipinski definition) is 0. The van der Waals surface area contributed by atoms with Gasteiger partial charge in [0.05, 0.1) is 12.2 Å². The molecule has 3 heterocycles. The molecular formula is C26H39N3O4S. The Bertz CT molecular complexity index is 926. The van der Waals surface area contributed by atoms with Crippen LogP contribution >= 0.6 is 0 Å².